The van der Waals surface area contributed by atoms with Crippen LogP contribution in [0.2, 0.25) is 5.02 Å². The van der Waals surface area contributed by atoms with E-state index in [1.54, 1.807) is 38.1 Å². The highest BCUT2D eigenvalue weighted by Gasteiger charge is 2.20. The van der Waals surface area contributed by atoms with Gasteiger partial charge in [-0.25, -0.2) is 18.4 Å². The minimum absolute atomic E-state index is 0.0162. The van der Waals surface area contributed by atoms with Crippen LogP contribution >= 0.6 is 11.6 Å². The van der Waals surface area contributed by atoms with Gasteiger partial charge in [-0.3, -0.25) is 9.52 Å². The molecule has 1 heterocycles. The molecule has 192 valence electrons. The molecule has 0 saturated heterocycles. The molecule has 37 heavy (non-hydrogen) atoms. The van der Waals surface area contributed by atoms with Gasteiger partial charge in [0.2, 0.25) is 5.91 Å². The number of nitrogens with one attached hydrogen (secondary N) is 3. The largest absolute Gasteiger partial charge is 0.494 e. The van der Waals surface area contributed by atoms with Gasteiger partial charge in [0.25, 0.3) is 10.0 Å². The highest BCUT2D eigenvalue weighted by molar-refractivity contribution is 7.92. The summed E-state index contributed by atoms with van der Waals surface area (Å²) in [6, 6.07) is 16.4. The van der Waals surface area contributed by atoms with Crippen LogP contribution in [0.25, 0.3) is 11.0 Å². The van der Waals surface area contributed by atoms with E-state index in [1.165, 1.54) is 31.4 Å². The molecule has 9 nitrogen and oxygen atoms in total. The topological polar surface area (TPSA) is 122 Å². The summed E-state index contributed by atoms with van der Waals surface area (Å²) in [7, 11) is -2.49. The summed E-state index contributed by atoms with van der Waals surface area (Å²) in [5.74, 6) is 0.287. The lowest BCUT2D eigenvalue weighted by Crippen LogP contribution is -2.18. The number of ether oxygens (including phenoxy) is 1. The molecule has 11 heteroatoms. The fourth-order valence-corrected chi connectivity index (χ4v) is 4.54. The van der Waals surface area contributed by atoms with E-state index in [1.807, 2.05) is 19.1 Å². The van der Waals surface area contributed by atoms with Gasteiger partial charge in [0.15, 0.2) is 11.6 Å². The van der Waals surface area contributed by atoms with Gasteiger partial charge in [-0.05, 0) is 61.0 Å². The number of halogens is 1. The number of fused-ring (bicyclic) bond motifs is 1. The highest BCUT2D eigenvalue weighted by Crippen LogP contribution is 2.32. The van der Waals surface area contributed by atoms with E-state index in [-0.39, 0.29) is 28.4 Å². The summed E-state index contributed by atoms with van der Waals surface area (Å²) in [4.78, 5) is 21.3. The van der Waals surface area contributed by atoms with Gasteiger partial charge in [-0.2, -0.15) is 0 Å². The molecule has 0 spiro atoms. The number of methoxy groups -OCH3 is 1. The quantitative estimate of drug-likeness (QED) is 0.261. The Balaban J connectivity index is 1.73. The second kappa shape index (κ2) is 10.6. The number of carbonyl (C=O) groups is 1. The monoisotopic (exact) mass is 539 g/mol. The second-order valence-electron chi connectivity index (χ2n) is 8.66. The first-order chi connectivity index (χ1) is 17.6. The van der Waals surface area contributed by atoms with Crippen molar-refractivity contribution >= 4 is 61.6 Å². The van der Waals surface area contributed by atoms with E-state index in [0.29, 0.717) is 33.2 Å². The zero-order valence-corrected chi connectivity index (χ0v) is 22.2. The Morgan fingerprint density at radius 3 is 2.32 bits per heavy atom. The first-order valence-electron chi connectivity index (χ1n) is 11.4. The van der Waals surface area contributed by atoms with Crippen molar-refractivity contribution in [3.05, 3.63) is 71.2 Å². The summed E-state index contributed by atoms with van der Waals surface area (Å²) < 4.78 is 34.2. The molecule has 4 aromatic rings. The average molecular weight is 540 g/mol. The van der Waals surface area contributed by atoms with Gasteiger partial charge in [-0.15, -0.1) is 0 Å². The third-order valence-corrected chi connectivity index (χ3v) is 7.03. The van der Waals surface area contributed by atoms with Crippen molar-refractivity contribution < 1.29 is 17.9 Å². The summed E-state index contributed by atoms with van der Waals surface area (Å²) in [5.41, 5.74) is 3.15. The third kappa shape index (κ3) is 6.10. The summed E-state index contributed by atoms with van der Waals surface area (Å²) >= 11 is 5.91. The van der Waals surface area contributed by atoms with Crippen LogP contribution in [0.4, 0.5) is 23.0 Å². The number of nitrogens with zero attached hydrogens (tertiary/aromatic N) is 2. The number of aryl methyl sites for hydroxylation is 1. The molecule has 3 aromatic carbocycles. The first kappa shape index (κ1) is 26.2. The van der Waals surface area contributed by atoms with E-state index < -0.39 is 10.0 Å². The molecule has 0 radical (unpaired) electrons. The zero-order valence-electron chi connectivity index (χ0n) is 20.7. The average Bonchev–Trinajstić information content (AvgIpc) is 2.85. The molecule has 1 amide bonds. The molecule has 0 aliphatic carbocycles. The Morgan fingerprint density at radius 2 is 1.65 bits per heavy atom. The molecule has 0 fully saturated rings. The maximum absolute atomic E-state index is 13.1. The number of anilines is 4. The lowest BCUT2D eigenvalue weighted by Gasteiger charge is -2.16. The molecule has 0 aliphatic rings. The van der Waals surface area contributed by atoms with Gasteiger partial charge in [0.05, 0.1) is 28.7 Å². The minimum atomic E-state index is -3.99. The Labute approximate surface area is 220 Å². The number of hydrogen-bond donors (Lipinski definition) is 3. The molecule has 0 bridgehead atoms. The van der Waals surface area contributed by atoms with Crippen molar-refractivity contribution in [3.8, 4) is 5.75 Å². The molecular weight excluding hydrogens is 514 g/mol. The second-order valence-corrected chi connectivity index (χ2v) is 10.8. The molecule has 0 saturated carbocycles. The Bertz CT molecular complexity index is 1570. The number of carbonyl (C=O) groups excluding carboxylic acids is 1. The van der Waals surface area contributed by atoms with Gasteiger partial charge in [0, 0.05) is 22.7 Å². The number of aromatic nitrogens is 2. The zero-order chi connectivity index (χ0) is 26.7. The van der Waals surface area contributed by atoms with Gasteiger partial charge >= 0.3 is 0 Å². The smallest absolute Gasteiger partial charge is 0.263 e. The highest BCUT2D eigenvalue weighted by atomic mass is 35.5. The van der Waals surface area contributed by atoms with Crippen LogP contribution in [-0.2, 0) is 14.8 Å². The number of amides is 1. The molecular formula is C26H26ClN5O4S. The molecule has 0 unspecified atom stereocenters. The first-order valence-corrected chi connectivity index (χ1v) is 13.2. The summed E-state index contributed by atoms with van der Waals surface area (Å²) in [6.07, 6.45) is 0. The van der Waals surface area contributed by atoms with Crippen LogP contribution in [0.15, 0.2) is 65.6 Å². The Morgan fingerprint density at radius 1 is 0.946 bits per heavy atom. The van der Waals surface area contributed by atoms with Crippen LogP contribution in [0.1, 0.15) is 19.4 Å². The molecule has 1 aromatic heterocycles. The van der Waals surface area contributed by atoms with E-state index in [9.17, 15) is 13.2 Å². The Hall–Kier alpha value is -3.89. The number of sulfonamides is 1. The van der Waals surface area contributed by atoms with Crippen LogP contribution in [0.5, 0.6) is 5.75 Å². The van der Waals surface area contributed by atoms with E-state index in [4.69, 9.17) is 16.3 Å². The van der Waals surface area contributed by atoms with Crippen molar-refractivity contribution in [2.45, 2.75) is 25.7 Å². The van der Waals surface area contributed by atoms with Crippen molar-refractivity contribution in [2.75, 3.05) is 22.5 Å². The van der Waals surface area contributed by atoms with Gasteiger partial charge < -0.3 is 15.4 Å². The van der Waals surface area contributed by atoms with Gasteiger partial charge in [0.1, 0.15) is 5.75 Å². The summed E-state index contributed by atoms with van der Waals surface area (Å²) in [5, 5.41) is 6.38. The predicted octanol–water partition coefficient (Wildman–Crippen LogP) is 5.74. The van der Waals surface area contributed by atoms with Crippen LogP contribution in [0.3, 0.4) is 0 Å². The lowest BCUT2D eigenvalue weighted by atomic mass is 10.2. The van der Waals surface area contributed by atoms with Crippen LogP contribution in [-0.4, -0.2) is 31.4 Å². The Kier molecular flexibility index (Phi) is 7.51. The maximum Gasteiger partial charge on any atom is 0.263 e. The van der Waals surface area contributed by atoms with Crippen molar-refractivity contribution in [1.82, 2.24) is 9.97 Å². The third-order valence-electron chi connectivity index (χ3n) is 5.42. The predicted molar refractivity (Wildman–Crippen MR) is 146 cm³/mol. The SMILES string of the molecule is COc1cc(Nc2nc3cc(C)ccc3nc2NS(=O)(=O)c2ccc(Cl)cc2)ccc1NC(=O)C(C)C. The normalized spacial score (nSPS) is 11.4. The molecule has 0 atom stereocenters. The van der Waals surface area contributed by atoms with E-state index >= 15 is 0 Å². The lowest BCUT2D eigenvalue weighted by molar-refractivity contribution is -0.118. The molecule has 4 rings (SSSR count). The van der Waals surface area contributed by atoms with E-state index in [2.05, 4.69) is 25.3 Å². The van der Waals surface area contributed by atoms with Crippen molar-refractivity contribution in [2.24, 2.45) is 5.92 Å². The molecule has 0 aliphatic heterocycles. The fraction of sp³-hybridized carbons (Fsp3) is 0.192. The number of benzene rings is 3. The summed E-state index contributed by atoms with van der Waals surface area (Å²) in [6.45, 7) is 5.52. The number of hydrogen-bond acceptors (Lipinski definition) is 7. The fourth-order valence-electron chi connectivity index (χ4n) is 3.41. The van der Waals surface area contributed by atoms with E-state index in [0.717, 1.165) is 5.56 Å². The molecule has 3 N–H and O–H groups in total. The number of rotatable bonds is 8. The minimum Gasteiger partial charge on any atom is -0.494 e. The van der Waals surface area contributed by atoms with Crippen molar-refractivity contribution in [1.29, 1.82) is 0 Å². The standard InChI is InChI=1S/C26H26ClN5O4S/c1-15(2)26(33)31-21-12-8-18(14-23(21)36-4)28-24-25(29-20-11-5-16(3)13-22(20)30-24)32-37(34,35)19-9-6-17(27)7-10-19/h5-15H,1-4H3,(H,28,30)(H,29,32)(H,31,33). The van der Waals surface area contributed by atoms with Crippen molar-refractivity contribution in [3.63, 3.8) is 0 Å². The maximum atomic E-state index is 13.1. The van der Waals surface area contributed by atoms with Crippen LogP contribution in [0, 0.1) is 12.8 Å². The van der Waals surface area contributed by atoms with Crippen LogP contribution < -0.4 is 20.1 Å². The van der Waals surface area contributed by atoms with Gasteiger partial charge in [-0.1, -0.05) is 31.5 Å².